The maximum Gasteiger partial charge on any atom is 0.101 e. The summed E-state index contributed by atoms with van der Waals surface area (Å²) < 4.78 is 0. The number of hydrogen-bond donors (Lipinski definition) is 3. The summed E-state index contributed by atoms with van der Waals surface area (Å²) in [5, 5.41) is 23.5. The van der Waals surface area contributed by atoms with Crippen molar-refractivity contribution in [3.63, 3.8) is 0 Å². The maximum atomic E-state index is 9.72. The molecule has 0 saturated heterocycles. The van der Waals surface area contributed by atoms with Gasteiger partial charge in [0.15, 0.2) is 0 Å². The van der Waals surface area contributed by atoms with Crippen molar-refractivity contribution in [2.75, 3.05) is 19.7 Å². The van der Waals surface area contributed by atoms with Crippen LogP contribution in [0.15, 0.2) is 17.5 Å². The minimum Gasteiger partial charge on any atom is -0.396 e. The molecule has 86 valence electrons. The Balaban J connectivity index is 2.00. The Labute approximate surface area is 94.8 Å². The van der Waals surface area contributed by atoms with Gasteiger partial charge in [-0.15, -0.1) is 11.3 Å². The van der Waals surface area contributed by atoms with Gasteiger partial charge in [-0.1, -0.05) is 6.07 Å². The molecule has 4 heteroatoms. The molecule has 0 aliphatic carbocycles. The molecule has 0 amide bonds. The van der Waals surface area contributed by atoms with E-state index in [4.69, 9.17) is 5.11 Å². The van der Waals surface area contributed by atoms with E-state index in [9.17, 15) is 5.11 Å². The molecule has 0 fully saturated rings. The Morgan fingerprint density at radius 2 is 2.20 bits per heavy atom. The summed E-state index contributed by atoms with van der Waals surface area (Å²) in [6.07, 6.45) is 2.58. The van der Waals surface area contributed by atoms with Crippen LogP contribution in [0.2, 0.25) is 0 Å². The average molecular weight is 229 g/mol. The van der Waals surface area contributed by atoms with Crippen molar-refractivity contribution in [1.29, 1.82) is 0 Å². The van der Waals surface area contributed by atoms with Gasteiger partial charge in [0.05, 0.1) is 0 Å². The minimum absolute atomic E-state index is 0.276. The van der Waals surface area contributed by atoms with Gasteiger partial charge < -0.3 is 15.5 Å². The summed E-state index contributed by atoms with van der Waals surface area (Å²) in [7, 11) is 0. The largest absolute Gasteiger partial charge is 0.396 e. The maximum absolute atomic E-state index is 9.72. The number of aliphatic hydroxyl groups is 2. The van der Waals surface area contributed by atoms with Crippen molar-refractivity contribution in [2.24, 2.45) is 0 Å². The van der Waals surface area contributed by atoms with Gasteiger partial charge in [-0.25, -0.2) is 0 Å². The van der Waals surface area contributed by atoms with Crippen molar-refractivity contribution in [3.8, 4) is 0 Å². The molecule has 0 aromatic carbocycles. The molecule has 1 aromatic heterocycles. The first-order valence-corrected chi connectivity index (χ1v) is 6.25. The molecule has 1 aromatic rings. The number of hydrogen-bond acceptors (Lipinski definition) is 4. The molecule has 0 aliphatic heterocycles. The summed E-state index contributed by atoms with van der Waals surface area (Å²) >= 11 is 1.58. The molecule has 1 heterocycles. The predicted octanol–water partition coefficient (Wildman–Crippen LogP) is 1.53. The van der Waals surface area contributed by atoms with E-state index in [1.54, 1.807) is 11.3 Å². The van der Waals surface area contributed by atoms with Crippen LogP contribution in [0.25, 0.3) is 0 Å². The van der Waals surface area contributed by atoms with Crippen molar-refractivity contribution in [1.82, 2.24) is 5.32 Å². The Hall–Kier alpha value is -0.420. The van der Waals surface area contributed by atoms with Crippen LogP contribution in [0.1, 0.15) is 30.2 Å². The van der Waals surface area contributed by atoms with Gasteiger partial charge in [-0.05, 0) is 37.3 Å². The molecule has 1 unspecified atom stereocenters. The Morgan fingerprint density at radius 3 is 2.87 bits per heavy atom. The normalized spacial score (nSPS) is 12.9. The average Bonchev–Trinajstić information content (AvgIpc) is 2.76. The van der Waals surface area contributed by atoms with Crippen LogP contribution in [0, 0.1) is 0 Å². The fraction of sp³-hybridized carbons (Fsp3) is 0.636. The second kappa shape index (κ2) is 7.82. The van der Waals surface area contributed by atoms with E-state index in [1.165, 1.54) is 0 Å². The van der Waals surface area contributed by atoms with E-state index < -0.39 is 0 Å². The number of thiophene rings is 1. The molecule has 0 bridgehead atoms. The highest BCUT2D eigenvalue weighted by Crippen LogP contribution is 2.17. The summed E-state index contributed by atoms with van der Waals surface area (Å²) in [4.78, 5) is 1.01. The van der Waals surface area contributed by atoms with Gasteiger partial charge >= 0.3 is 0 Å². The van der Waals surface area contributed by atoms with E-state index in [0.29, 0.717) is 6.54 Å². The molecule has 15 heavy (non-hydrogen) atoms. The van der Waals surface area contributed by atoms with Crippen LogP contribution in [0.4, 0.5) is 0 Å². The molecule has 0 aliphatic rings. The Kier molecular flexibility index (Phi) is 6.59. The first-order chi connectivity index (χ1) is 7.34. The number of aliphatic hydroxyl groups excluding tert-OH is 2. The van der Waals surface area contributed by atoms with E-state index >= 15 is 0 Å². The van der Waals surface area contributed by atoms with E-state index in [0.717, 1.165) is 30.7 Å². The van der Waals surface area contributed by atoms with Gasteiger partial charge in [0, 0.05) is 18.0 Å². The number of rotatable bonds is 8. The van der Waals surface area contributed by atoms with Crippen molar-refractivity contribution >= 4 is 11.3 Å². The lowest BCUT2D eigenvalue weighted by atomic mass is 10.2. The lowest BCUT2D eigenvalue weighted by molar-refractivity contribution is 0.178. The van der Waals surface area contributed by atoms with E-state index in [1.807, 2.05) is 17.5 Å². The lowest BCUT2D eigenvalue weighted by Gasteiger charge is -2.09. The van der Waals surface area contributed by atoms with Crippen LogP contribution in [-0.2, 0) is 0 Å². The van der Waals surface area contributed by atoms with Crippen LogP contribution in [-0.4, -0.2) is 29.9 Å². The predicted molar refractivity (Wildman–Crippen MR) is 63.1 cm³/mol. The summed E-state index contributed by atoms with van der Waals surface area (Å²) in [6.45, 7) is 1.79. The molecule has 3 nitrogen and oxygen atoms in total. The topological polar surface area (TPSA) is 52.5 Å². The molecule has 0 saturated carbocycles. The SMILES string of the molecule is OCCCCCNCC(O)c1cccs1. The van der Waals surface area contributed by atoms with E-state index in [2.05, 4.69) is 5.32 Å². The molecule has 0 spiro atoms. The molecular weight excluding hydrogens is 210 g/mol. The zero-order valence-electron chi connectivity index (χ0n) is 8.85. The van der Waals surface area contributed by atoms with Crippen molar-refractivity contribution in [2.45, 2.75) is 25.4 Å². The fourth-order valence-corrected chi connectivity index (χ4v) is 2.07. The molecule has 3 N–H and O–H groups in total. The second-order valence-corrected chi connectivity index (χ2v) is 4.50. The highest BCUT2D eigenvalue weighted by atomic mass is 32.1. The van der Waals surface area contributed by atoms with Crippen LogP contribution in [0.3, 0.4) is 0 Å². The summed E-state index contributed by atoms with van der Waals surface area (Å²) in [6, 6.07) is 3.90. The number of nitrogens with one attached hydrogen (secondary N) is 1. The molecular formula is C11H19NO2S. The third-order valence-corrected chi connectivity index (χ3v) is 3.19. The zero-order chi connectivity index (χ0) is 10.9. The monoisotopic (exact) mass is 229 g/mol. The van der Waals surface area contributed by atoms with Gasteiger partial charge in [-0.2, -0.15) is 0 Å². The van der Waals surface area contributed by atoms with Crippen LogP contribution in [0.5, 0.6) is 0 Å². The Bertz CT molecular complexity index is 239. The fourth-order valence-electron chi connectivity index (χ4n) is 1.36. The van der Waals surface area contributed by atoms with Gasteiger partial charge in [0.2, 0.25) is 0 Å². The van der Waals surface area contributed by atoms with Crippen molar-refractivity contribution < 1.29 is 10.2 Å². The quantitative estimate of drug-likeness (QED) is 0.593. The Morgan fingerprint density at radius 1 is 1.33 bits per heavy atom. The first kappa shape index (κ1) is 12.6. The van der Waals surface area contributed by atoms with Crippen molar-refractivity contribution in [3.05, 3.63) is 22.4 Å². The standard InChI is InChI=1S/C11H19NO2S/c13-7-3-1-2-6-12-9-10(14)11-5-4-8-15-11/h4-5,8,10,12-14H,1-3,6-7,9H2. The minimum atomic E-state index is -0.386. The zero-order valence-corrected chi connectivity index (χ0v) is 9.67. The summed E-state index contributed by atoms with van der Waals surface area (Å²) in [5.74, 6) is 0. The number of unbranched alkanes of at least 4 members (excludes halogenated alkanes) is 2. The third-order valence-electron chi connectivity index (χ3n) is 2.22. The second-order valence-electron chi connectivity index (χ2n) is 3.52. The molecule has 1 rings (SSSR count). The summed E-state index contributed by atoms with van der Waals surface area (Å²) in [5.41, 5.74) is 0. The molecule has 0 radical (unpaired) electrons. The highest BCUT2D eigenvalue weighted by Gasteiger charge is 2.06. The van der Waals surface area contributed by atoms with Gasteiger partial charge in [0.1, 0.15) is 6.10 Å². The highest BCUT2D eigenvalue weighted by molar-refractivity contribution is 7.10. The first-order valence-electron chi connectivity index (χ1n) is 5.37. The molecule has 1 atom stereocenters. The third kappa shape index (κ3) is 5.28. The van der Waals surface area contributed by atoms with E-state index in [-0.39, 0.29) is 12.7 Å². The van der Waals surface area contributed by atoms with Crippen LogP contribution < -0.4 is 5.32 Å². The van der Waals surface area contributed by atoms with Crippen LogP contribution >= 0.6 is 11.3 Å². The lowest BCUT2D eigenvalue weighted by Crippen LogP contribution is -2.22. The van der Waals surface area contributed by atoms with Gasteiger partial charge in [0.25, 0.3) is 0 Å². The smallest absolute Gasteiger partial charge is 0.101 e. The van der Waals surface area contributed by atoms with Gasteiger partial charge in [-0.3, -0.25) is 0 Å².